The Hall–Kier alpha value is -3.54. The highest BCUT2D eigenvalue weighted by Crippen LogP contribution is 2.34. The summed E-state index contributed by atoms with van der Waals surface area (Å²) in [5.74, 6) is 0.885. The lowest BCUT2D eigenvalue weighted by Crippen LogP contribution is -2.46. The number of morpholine rings is 1. The van der Waals surface area contributed by atoms with Crippen molar-refractivity contribution >= 4 is 33.4 Å². The van der Waals surface area contributed by atoms with E-state index in [1.165, 1.54) is 12.8 Å². The maximum absolute atomic E-state index is 7.29. The molecule has 1 saturated carbocycles. The van der Waals surface area contributed by atoms with Gasteiger partial charge in [-0.2, -0.15) is 0 Å². The predicted octanol–water partition coefficient (Wildman–Crippen LogP) is 4.78. The number of H-pyrrole nitrogens is 1. The van der Waals surface area contributed by atoms with Gasteiger partial charge in [-0.3, -0.25) is 9.88 Å². The molecule has 3 aromatic heterocycles. The van der Waals surface area contributed by atoms with Crippen LogP contribution in [0.5, 0.6) is 0 Å². The maximum atomic E-state index is 7.29. The molecule has 0 spiro atoms. The van der Waals surface area contributed by atoms with E-state index in [9.17, 15) is 0 Å². The van der Waals surface area contributed by atoms with Crippen LogP contribution >= 0.6 is 0 Å². The number of nitrogens with zero attached hydrogens (tertiary/aromatic N) is 5. The molecule has 1 aromatic carbocycles. The van der Waals surface area contributed by atoms with E-state index < -0.39 is 0 Å². The summed E-state index contributed by atoms with van der Waals surface area (Å²) in [4.78, 5) is 22.9. The van der Waals surface area contributed by atoms with Gasteiger partial charge >= 0.3 is 0 Å². The van der Waals surface area contributed by atoms with E-state index in [-0.39, 0.29) is 0 Å². The van der Waals surface area contributed by atoms with E-state index in [1.807, 2.05) is 6.07 Å². The van der Waals surface area contributed by atoms with Crippen LogP contribution in [-0.2, 0) is 4.74 Å². The smallest absolute Gasteiger partial charge is 0.205 e. The minimum atomic E-state index is 0.406. The Morgan fingerprint density at radius 1 is 1.03 bits per heavy atom. The zero-order valence-electron chi connectivity index (χ0n) is 19.0. The van der Waals surface area contributed by atoms with E-state index in [0.717, 1.165) is 78.0 Å². The number of anilines is 1. The van der Waals surface area contributed by atoms with Gasteiger partial charge in [0.2, 0.25) is 5.69 Å². The number of ether oxygens (including phenoxy) is 1. The van der Waals surface area contributed by atoms with Gasteiger partial charge < -0.3 is 15.0 Å². The number of rotatable bonds is 4. The molecule has 2 fully saturated rings. The van der Waals surface area contributed by atoms with E-state index in [4.69, 9.17) is 11.3 Å². The van der Waals surface area contributed by atoms with E-state index in [0.29, 0.717) is 17.8 Å². The molecule has 0 amide bonds. The number of nitrogens with one attached hydrogen (secondary N) is 2. The summed E-state index contributed by atoms with van der Waals surface area (Å²) >= 11 is 0. The number of aromatic amines is 1. The van der Waals surface area contributed by atoms with Crippen molar-refractivity contribution in [3.63, 3.8) is 0 Å². The monoisotopic (exact) mass is 453 g/mol. The summed E-state index contributed by atoms with van der Waals surface area (Å²) in [6.45, 7) is 11.1. The van der Waals surface area contributed by atoms with Crippen molar-refractivity contribution < 1.29 is 4.74 Å². The van der Waals surface area contributed by atoms with Gasteiger partial charge in [0.15, 0.2) is 0 Å². The lowest BCUT2D eigenvalue weighted by Gasteiger charge is -2.39. The largest absolute Gasteiger partial charge is 0.379 e. The first-order valence-electron chi connectivity index (χ1n) is 12.0. The van der Waals surface area contributed by atoms with Gasteiger partial charge in [-0.15, -0.1) is 0 Å². The van der Waals surface area contributed by atoms with Crippen molar-refractivity contribution in [2.75, 3.05) is 31.6 Å². The number of hydrogen-bond acceptors (Lipinski definition) is 6. The van der Waals surface area contributed by atoms with Crippen LogP contribution in [0.1, 0.15) is 25.7 Å². The molecule has 34 heavy (non-hydrogen) atoms. The van der Waals surface area contributed by atoms with Gasteiger partial charge in [0.1, 0.15) is 17.8 Å². The fourth-order valence-electron chi connectivity index (χ4n) is 5.38. The van der Waals surface area contributed by atoms with E-state index >= 15 is 0 Å². The van der Waals surface area contributed by atoms with E-state index in [2.05, 4.69) is 53.2 Å². The summed E-state index contributed by atoms with van der Waals surface area (Å²) in [6.07, 6.45) is 9.69. The molecule has 0 atom stereocenters. The standard InChI is InChI=1S/C26H27N7O/c1-27-20-12-18(14-28-15-20)17-2-7-23-22(13-17)24-25(29-16-30-26(24)32-23)31-19-3-5-21(6-4-19)33-8-10-34-11-9-33/h2,7,12-16,19,21H,3-6,8-11H2,(H2,29,30,31,32). The molecule has 2 N–H and O–H groups in total. The molecule has 8 heteroatoms. The Bertz CT molecular complexity index is 1360. The molecule has 0 radical (unpaired) electrons. The van der Waals surface area contributed by atoms with Crippen molar-refractivity contribution in [3.05, 3.63) is 54.4 Å². The second kappa shape index (κ2) is 9.01. The summed E-state index contributed by atoms with van der Waals surface area (Å²) in [6, 6.07) is 9.21. The molecule has 0 bridgehead atoms. The van der Waals surface area contributed by atoms with Crippen molar-refractivity contribution in [3.8, 4) is 11.1 Å². The van der Waals surface area contributed by atoms with Gasteiger partial charge in [-0.05, 0) is 55.0 Å². The third-order valence-corrected chi connectivity index (χ3v) is 7.18. The third kappa shape index (κ3) is 3.98. The predicted molar refractivity (Wildman–Crippen MR) is 133 cm³/mol. The summed E-state index contributed by atoms with van der Waals surface area (Å²) in [5.41, 5.74) is 4.34. The SMILES string of the molecule is [C-]#[N+]c1cncc(-c2ccc3[nH]c4ncnc(NC5CCC(N6CCOCC6)CC5)c4c3c2)c1. The molecule has 1 aliphatic heterocycles. The van der Waals surface area contributed by atoms with Gasteiger partial charge in [-0.25, -0.2) is 14.8 Å². The van der Waals surface area contributed by atoms with Gasteiger partial charge in [-0.1, -0.05) is 6.07 Å². The second-order valence-corrected chi connectivity index (χ2v) is 9.17. The van der Waals surface area contributed by atoms with E-state index in [1.54, 1.807) is 18.7 Å². The summed E-state index contributed by atoms with van der Waals surface area (Å²) in [5, 5.41) is 5.83. The molecular weight excluding hydrogens is 426 g/mol. The van der Waals surface area contributed by atoms with Crippen LogP contribution in [0.15, 0.2) is 43.0 Å². The molecule has 8 nitrogen and oxygen atoms in total. The summed E-state index contributed by atoms with van der Waals surface area (Å²) in [7, 11) is 0. The molecule has 1 saturated heterocycles. The molecule has 172 valence electrons. The molecule has 4 heterocycles. The first-order valence-corrected chi connectivity index (χ1v) is 12.0. The molecule has 0 unspecified atom stereocenters. The minimum absolute atomic E-state index is 0.406. The van der Waals surface area contributed by atoms with Gasteiger partial charge in [0.05, 0.1) is 25.2 Å². The fraction of sp³-hybridized carbons (Fsp3) is 0.385. The lowest BCUT2D eigenvalue weighted by molar-refractivity contribution is 0.00791. The van der Waals surface area contributed by atoms with Crippen LogP contribution in [0, 0.1) is 6.57 Å². The highest BCUT2D eigenvalue weighted by atomic mass is 16.5. The van der Waals surface area contributed by atoms with Crippen LogP contribution < -0.4 is 5.32 Å². The quantitative estimate of drug-likeness (QED) is 0.433. The van der Waals surface area contributed by atoms with Crippen molar-refractivity contribution in [1.29, 1.82) is 0 Å². The molecule has 6 rings (SSSR count). The Balaban J connectivity index is 1.27. The average molecular weight is 454 g/mol. The zero-order valence-corrected chi connectivity index (χ0v) is 19.0. The number of aromatic nitrogens is 4. The molecule has 1 aliphatic carbocycles. The number of pyridine rings is 1. The maximum Gasteiger partial charge on any atom is 0.205 e. The topological polar surface area (TPSA) is 83.3 Å². The average Bonchev–Trinajstić information content (AvgIpc) is 3.28. The fourth-order valence-corrected chi connectivity index (χ4v) is 5.38. The highest BCUT2D eigenvalue weighted by Gasteiger charge is 2.27. The summed E-state index contributed by atoms with van der Waals surface area (Å²) < 4.78 is 5.52. The first-order chi connectivity index (χ1) is 16.8. The van der Waals surface area contributed by atoms with Crippen LogP contribution in [0.4, 0.5) is 11.5 Å². The number of benzene rings is 1. The van der Waals surface area contributed by atoms with Gasteiger partial charge in [0, 0.05) is 48.5 Å². The van der Waals surface area contributed by atoms with Crippen LogP contribution in [0.2, 0.25) is 0 Å². The first kappa shape index (κ1) is 21.0. The zero-order chi connectivity index (χ0) is 22.9. The van der Waals surface area contributed by atoms with Crippen molar-refractivity contribution in [1.82, 2.24) is 24.8 Å². The minimum Gasteiger partial charge on any atom is -0.379 e. The molecule has 4 aromatic rings. The van der Waals surface area contributed by atoms with Crippen LogP contribution in [0.3, 0.4) is 0 Å². The number of fused-ring (bicyclic) bond motifs is 3. The Morgan fingerprint density at radius 3 is 2.71 bits per heavy atom. The van der Waals surface area contributed by atoms with Crippen LogP contribution in [-0.4, -0.2) is 63.2 Å². The Labute approximate surface area is 198 Å². The Kier molecular flexibility index (Phi) is 5.57. The second-order valence-electron chi connectivity index (χ2n) is 9.17. The third-order valence-electron chi connectivity index (χ3n) is 7.18. The number of hydrogen-bond donors (Lipinski definition) is 2. The van der Waals surface area contributed by atoms with Crippen molar-refractivity contribution in [2.24, 2.45) is 0 Å². The Morgan fingerprint density at radius 2 is 1.88 bits per heavy atom. The van der Waals surface area contributed by atoms with Crippen LogP contribution in [0.25, 0.3) is 37.9 Å². The normalized spacial score (nSPS) is 21.5. The van der Waals surface area contributed by atoms with Crippen molar-refractivity contribution in [2.45, 2.75) is 37.8 Å². The lowest BCUT2D eigenvalue weighted by atomic mass is 9.90. The molecule has 2 aliphatic rings. The van der Waals surface area contributed by atoms with Gasteiger partial charge in [0.25, 0.3) is 0 Å². The molecular formula is C26H27N7O. The highest BCUT2D eigenvalue weighted by molar-refractivity contribution is 6.12.